The molecule has 0 saturated heterocycles. The summed E-state index contributed by atoms with van der Waals surface area (Å²) < 4.78 is 70.4. The highest BCUT2D eigenvalue weighted by Gasteiger charge is 2.30. The predicted molar refractivity (Wildman–Crippen MR) is 102 cm³/mol. The molecule has 1 amide bonds. The standard InChI is InChI=1S/C19H21F3N2O4S/c1-4-28-17-10-9-16(11-12(17)2)29(26,27)24-13(3)18(25)23-15-7-5-14(6-8-15)19(20,21)22/h5-11,13,24H,4H2,1-3H3,(H,23,25)/t13-/m1/s1. The molecule has 10 heteroatoms. The van der Waals surface area contributed by atoms with Crippen LogP contribution in [-0.4, -0.2) is 27.0 Å². The lowest BCUT2D eigenvalue weighted by Gasteiger charge is -2.16. The van der Waals surface area contributed by atoms with Gasteiger partial charge >= 0.3 is 6.18 Å². The van der Waals surface area contributed by atoms with Gasteiger partial charge in [-0.15, -0.1) is 0 Å². The first-order chi connectivity index (χ1) is 13.4. The molecule has 2 N–H and O–H groups in total. The molecule has 0 radical (unpaired) electrons. The quantitative estimate of drug-likeness (QED) is 0.701. The van der Waals surface area contributed by atoms with Crippen LogP contribution in [0.4, 0.5) is 18.9 Å². The summed E-state index contributed by atoms with van der Waals surface area (Å²) in [6, 6.07) is 7.00. The van der Waals surface area contributed by atoms with Crippen molar-refractivity contribution in [3.63, 3.8) is 0 Å². The number of nitrogens with one attached hydrogen (secondary N) is 2. The Morgan fingerprint density at radius 3 is 2.28 bits per heavy atom. The molecule has 1 atom stereocenters. The van der Waals surface area contributed by atoms with Crippen LogP contribution in [0.1, 0.15) is 25.0 Å². The first kappa shape index (κ1) is 22.7. The molecule has 0 heterocycles. The van der Waals surface area contributed by atoms with Gasteiger partial charge in [-0.05, 0) is 68.8 Å². The van der Waals surface area contributed by atoms with E-state index in [1.165, 1.54) is 25.1 Å². The molecule has 2 aromatic carbocycles. The van der Waals surface area contributed by atoms with Crippen molar-refractivity contribution < 1.29 is 31.1 Å². The predicted octanol–water partition coefficient (Wildman–Crippen LogP) is 3.72. The minimum atomic E-state index is -4.48. The van der Waals surface area contributed by atoms with Crippen molar-refractivity contribution in [2.75, 3.05) is 11.9 Å². The normalized spacial score (nSPS) is 13.0. The fraction of sp³-hybridized carbons (Fsp3) is 0.316. The van der Waals surface area contributed by atoms with E-state index in [2.05, 4.69) is 10.0 Å². The van der Waals surface area contributed by atoms with E-state index in [1.807, 2.05) is 6.92 Å². The fourth-order valence-corrected chi connectivity index (χ4v) is 3.74. The third kappa shape index (κ3) is 5.94. The first-order valence-electron chi connectivity index (χ1n) is 8.68. The Hall–Kier alpha value is -2.59. The van der Waals surface area contributed by atoms with Gasteiger partial charge in [0.25, 0.3) is 0 Å². The number of sulfonamides is 1. The third-order valence-electron chi connectivity index (χ3n) is 3.96. The van der Waals surface area contributed by atoms with Gasteiger partial charge in [-0.3, -0.25) is 4.79 Å². The number of ether oxygens (including phenoxy) is 1. The number of rotatable bonds is 7. The van der Waals surface area contributed by atoms with Crippen LogP contribution in [0.5, 0.6) is 5.75 Å². The van der Waals surface area contributed by atoms with Gasteiger partial charge in [-0.2, -0.15) is 17.9 Å². The number of alkyl halides is 3. The lowest BCUT2D eigenvalue weighted by molar-refractivity contribution is -0.137. The van der Waals surface area contributed by atoms with Crippen LogP contribution < -0.4 is 14.8 Å². The van der Waals surface area contributed by atoms with Crippen LogP contribution in [0.15, 0.2) is 47.4 Å². The molecule has 0 fully saturated rings. The number of halogens is 3. The zero-order valence-electron chi connectivity index (χ0n) is 16.0. The molecule has 6 nitrogen and oxygen atoms in total. The lowest BCUT2D eigenvalue weighted by Crippen LogP contribution is -2.41. The van der Waals surface area contributed by atoms with E-state index >= 15 is 0 Å². The Kier molecular flexibility index (Phi) is 6.91. The highest BCUT2D eigenvalue weighted by Crippen LogP contribution is 2.29. The van der Waals surface area contributed by atoms with Crippen molar-refractivity contribution in [3.05, 3.63) is 53.6 Å². The van der Waals surface area contributed by atoms with E-state index in [0.29, 0.717) is 17.9 Å². The molecule has 2 aromatic rings. The Morgan fingerprint density at radius 2 is 1.76 bits per heavy atom. The van der Waals surface area contributed by atoms with E-state index in [0.717, 1.165) is 24.3 Å². The van der Waals surface area contributed by atoms with Crippen molar-refractivity contribution >= 4 is 21.6 Å². The molecule has 0 aliphatic rings. The van der Waals surface area contributed by atoms with Gasteiger partial charge in [0.05, 0.1) is 23.1 Å². The zero-order chi connectivity index (χ0) is 21.8. The maximum atomic E-state index is 12.6. The summed E-state index contributed by atoms with van der Waals surface area (Å²) in [6.07, 6.45) is -4.48. The number of aryl methyl sites for hydroxylation is 1. The summed E-state index contributed by atoms with van der Waals surface area (Å²) in [7, 11) is -3.99. The second-order valence-electron chi connectivity index (χ2n) is 6.27. The summed E-state index contributed by atoms with van der Waals surface area (Å²) in [5.41, 5.74) is -0.113. The van der Waals surface area contributed by atoms with Gasteiger partial charge in [0.15, 0.2) is 0 Å². The maximum Gasteiger partial charge on any atom is 0.416 e. The molecular weight excluding hydrogens is 409 g/mol. The van der Waals surface area contributed by atoms with Crippen LogP contribution in [0.3, 0.4) is 0 Å². The Balaban J connectivity index is 2.07. The number of anilines is 1. The van der Waals surface area contributed by atoms with Crippen LogP contribution >= 0.6 is 0 Å². The van der Waals surface area contributed by atoms with E-state index < -0.39 is 33.7 Å². The fourth-order valence-electron chi connectivity index (χ4n) is 2.45. The van der Waals surface area contributed by atoms with E-state index in [1.54, 1.807) is 6.92 Å². The average Bonchev–Trinajstić information content (AvgIpc) is 2.62. The number of carbonyl (C=O) groups is 1. The van der Waals surface area contributed by atoms with Gasteiger partial charge < -0.3 is 10.1 Å². The third-order valence-corrected chi connectivity index (χ3v) is 5.50. The number of hydrogen-bond acceptors (Lipinski definition) is 4. The molecule has 158 valence electrons. The molecule has 2 rings (SSSR count). The largest absolute Gasteiger partial charge is 0.494 e. The van der Waals surface area contributed by atoms with Crippen LogP contribution in [0.2, 0.25) is 0 Å². The van der Waals surface area contributed by atoms with E-state index in [-0.39, 0.29) is 10.6 Å². The molecule has 29 heavy (non-hydrogen) atoms. The monoisotopic (exact) mass is 430 g/mol. The molecule has 0 aromatic heterocycles. The van der Waals surface area contributed by atoms with E-state index in [4.69, 9.17) is 4.74 Å². The summed E-state index contributed by atoms with van der Waals surface area (Å²) >= 11 is 0. The molecule has 0 aliphatic carbocycles. The van der Waals surface area contributed by atoms with Crippen LogP contribution in [-0.2, 0) is 21.0 Å². The van der Waals surface area contributed by atoms with Crippen LogP contribution in [0.25, 0.3) is 0 Å². The van der Waals surface area contributed by atoms with Gasteiger partial charge in [-0.25, -0.2) is 8.42 Å². The second-order valence-corrected chi connectivity index (χ2v) is 7.98. The summed E-state index contributed by atoms with van der Waals surface area (Å²) in [5, 5.41) is 2.38. The molecular formula is C19H21F3N2O4S. The summed E-state index contributed by atoms with van der Waals surface area (Å²) in [6.45, 7) is 5.28. The minimum absolute atomic E-state index is 0.0346. The van der Waals surface area contributed by atoms with Gasteiger partial charge in [0.2, 0.25) is 15.9 Å². The van der Waals surface area contributed by atoms with Gasteiger partial charge in [0, 0.05) is 5.69 Å². The number of amides is 1. The highest BCUT2D eigenvalue weighted by atomic mass is 32.2. The molecule has 0 saturated carbocycles. The topological polar surface area (TPSA) is 84.5 Å². The first-order valence-corrected chi connectivity index (χ1v) is 10.2. The Labute approximate surface area is 167 Å². The highest BCUT2D eigenvalue weighted by molar-refractivity contribution is 7.89. The number of hydrogen-bond donors (Lipinski definition) is 2. The summed E-state index contributed by atoms with van der Waals surface area (Å²) in [5.74, 6) is -0.157. The van der Waals surface area contributed by atoms with Crippen molar-refractivity contribution in [2.45, 2.75) is 37.9 Å². The molecule has 0 spiro atoms. The van der Waals surface area contributed by atoms with Crippen LogP contribution in [0, 0.1) is 6.92 Å². The van der Waals surface area contributed by atoms with Crippen molar-refractivity contribution in [1.29, 1.82) is 0 Å². The second kappa shape index (κ2) is 8.83. The number of benzene rings is 2. The molecule has 0 unspecified atom stereocenters. The van der Waals surface area contributed by atoms with Crippen molar-refractivity contribution in [1.82, 2.24) is 4.72 Å². The maximum absolute atomic E-state index is 12.6. The van der Waals surface area contributed by atoms with E-state index in [9.17, 15) is 26.4 Å². The average molecular weight is 430 g/mol. The van der Waals surface area contributed by atoms with Gasteiger partial charge in [-0.1, -0.05) is 0 Å². The number of carbonyl (C=O) groups excluding carboxylic acids is 1. The lowest BCUT2D eigenvalue weighted by atomic mass is 10.2. The van der Waals surface area contributed by atoms with Crippen molar-refractivity contribution in [2.24, 2.45) is 0 Å². The Morgan fingerprint density at radius 1 is 1.14 bits per heavy atom. The van der Waals surface area contributed by atoms with Crippen molar-refractivity contribution in [3.8, 4) is 5.75 Å². The molecule has 0 bridgehead atoms. The SMILES string of the molecule is CCOc1ccc(S(=O)(=O)N[C@H](C)C(=O)Nc2ccc(C(F)(F)F)cc2)cc1C. The smallest absolute Gasteiger partial charge is 0.416 e. The zero-order valence-corrected chi connectivity index (χ0v) is 16.8. The summed E-state index contributed by atoms with van der Waals surface area (Å²) in [4.78, 5) is 12.2. The Bertz CT molecular complexity index is 974. The minimum Gasteiger partial charge on any atom is -0.494 e. The molecule has 0 aliphatic heterocycles. The van der Waals surface area contributed by atoms with Gasteiger partial charge in [0.1, 0.15) is 5.75 Å².